The Morgan fingerprint density at radius 1 is 1.22 bits per heavy atom. The van der Waals surface area contributed by atoms with Gasteiger partial charge >= 0.3 is 12.1 Å². The average Bonchev–Trinajstić information content (AvgIpc) is 2.54. The van der Waals surface area contributed by atoms with Crippen LogP contribution in [0.4, 0.5) is 4.79 Å². The molecule has 0 spiro atoms. The predicted molar refractivity (Wildman–Crippen MR) is 86.8 cm³/mol. The molecule has 1 saturated heterocycles. The second-order valence-electron chi connectivity index (χ2n) is 5.39. The maximum Gasteiger partial charge on any atom is 0.410 e. The fraction of sp³-hybridized carbons (Fsp3) is 0.500. The van der Waals surface area contributed by atoms with E-state index in [1.807, 2.05) is 24.3 Å². The van der Waals surface area contributed by atoms with Crippen LogP contribution in [0.2, 0.25) is 0 Å². The van der Waals surface area contributed by atoms with Gasteiger partial charge in [0, 0.05) is 17.6 Å². The van der Waals surface area contributed by atoms with Gasteiger partial charge in [0.25, 0.3) is 0 Å². The van der Waals surface area contributed by atoms with Crippen LogP contribution >= 0.6 is 15.9 Å². The van der Waals surface area contributed by atoms with E-state index in [0.29, 0.717) is 25.9 Å². The lowest BCUT2D eigenvalue weighted by Crippen LogP contribution is -2.45. The lowest BCUT2D eigenvalue weighted by molar-refractivity contribution is -0.146. The van der Waals surface area contributed by atoms with Crippen LogP contribution in [0.3, 0.4) is 0 Å². The zero-order valence-corrected chi connectivity index (χ0v) is 14.5. The van der Waals surface area contributed by atoms with Crippen LogP contribution in [0.5, 0.6) is 0 Å². The summed E-state index contributed by atoms with van der Waals surface area (Å²) in [4.78, 5) is 24.6. The van der Waals surface area contributed by atoms with Crippen LogP contribution in [-0.2, 0) is 19.9 Å². The van der Waals surface area contributed by atoms with Crippen molar-refractivity contribution in [3.8, 4) is 0 Å². The van der Waals surface area contributed by atoms with Crippen molar-refractivity contribution in [1.29, 1.82) is 0 Å². The van der Waals surface area contributed by atoms with Crippen molar-refractivity contribution in [3.63, 3.8) is 0 Å². The number of aliphatic hydroxyl groups is 1. The molecule has 1 fully saturated rings. The Morgan fingerprint density at radius 3 is 2.39 bits per heavy atom. The highest BCUT2D eigenvalue weighted by molar-refractivity contribution is 9.10. The summed E-state index contributed by atoms with van der Waals surface area (Å²) in [5, 5.41) is 10.8. The third-order valence-electron chi connectivity index (χ3n) is 3.85. The van der Waals surface area contributed by atoms with Gasteiger partial charge in [0.15, 0.2) is 6.61 Å². The molecule has 0 aromatic heterocycles. The van der Waals surface area contributed by atoms with Gasteiger partial charge in [-0.05, 0) is 37.5 Å². The summed E-state index contributed by atoms with van der Waals surface area (Å²) in [6.07, 6.45) is 0.280. The Morgan fingerprint density at radius 2 is 1.83 bits per heavy atom. The van der Waals surface area contributed by atoms with Gasteiger partial charge < -0.3 is 19.5 Å². The first kappa shape index (κ1) is 17.7. The van der Waals surface area contributed by atoms with E-state index in [2.05, 4.69) is 15.9 Å². The predicted octanol–water partition coefficient (Wildman–Crippen LogP) is 2.43. The summed E-state index contributed by atoms with van der Waals surface area (Å²) < 4.78 is 10.6. The SMILES string of the molecule is CCOC(=O)COC(=O)N1CCC(O)(c2ccc(Br)cc2)CC1. The largest absolute Gasteiger partial charge is 0.463 e. The molecule has 0 unspecified atom stereocenters. The molecule has 1 aliphatic rings. The number of hydrogen-bond donors (Lipinski definition) is 1. The maximum absolute atomic E-state index is 11.9. The van der Waals surface area contributed by atoms with Crippen LogP contribution in [0, 0.1) is 0 Å². The van der Waals surface area contributed by atoms with E-state index >= 15 is 0 Å². The van der Waals surface area contributed by atoms with Gasteiger partial charge in [-0.15, -0.1) is 0 Å². The summed E-state index contributed by atoms with van der Waals surface area (Å²) in [5.74, 6) is -0.566. The molecule has 1 N–H and O–H groups in total. The number of hydrogen-bond acceptors (Lipinski definition) is 5. The molecule has 1 aromatic carbocycles. The quantitative estimate of drug-likeness (QED) is 0.805. The van der Waals surface area contributed by atoms with E-state index in [1.54, 1.807) is 6.92 Å². The van der Waals surface area contributed by atoms with Gasteiger partial charge in [0.2, 0.25) is 0 Å². The molecular formula is C16H20BrNO5. The molecule has 126 valence electrons. The van der Waals surface area contributed by atoms with Gasteiger partial charge in [0.05, 0.1) is 12.2 Å². The number of nitrogens with zero attached hydrogens (tertiary/aromatic N) is 1. The minimum atomic E-state index is -0.946. The monoisotopic (exact) mass is 385 g/mol. The van der Waals surface area contributed by atoms with Crippen LogP contribution in [0.25, 0.3) is 0 Å². The average molecular weight is 386 g/mol. The Balaban J connectivity index is 1.86. The van der Waals surface area contributed by atoms with Crippen molar-refractivity contribution in [2.24, 2.45) is 0 Å². The van der Waals surface area contributed by atoms with Crippen LogP contribution in [0.15, 0.2) is 28.7 Å². The summed E-state index contributed by atoms with van der Waals surface area (Å²) in [7, 11) is 0. The van der Waals surface area contributed by atoms with Gasteiger partial charge in [0.1, 0.15) is 0 Å². The van der Waals surface area contributed by atoms with E-state index in [1.165, 1.54) is 4.90 Å². The second kappa shape index (κ2) is 7.79. The molecule has 0 radical (unpaired) electrons. The lowest BCUT2D eigenvalue weighted by atomic mass is 9.84. The third-order valence-corrected chi connectivity index (χ3v) is 4.38. The summed E-state index contributed by atoms with van der Waals surface area (Å²) >= 11 is 3.37. The molecule has 6 nitrogen and oxygen atoms in total. The first-order valence-electron chi connectivity index (χ1n) is 7.50. The van der Waals surface area contributed by atoms with E-state index < -0.39 is 17.7 Å². The fourth-order valence-corrected chi connectivity index (χ4v) is 2.79. The molecule has 0 atom stereocenters. The Bertz CT molecular complexity index is 552. The number of benzene rings is 1. The number of ether oxygens (including phenoxy) is 2. The molecule has 23 heavy (non-hydrogen) atoms. The van der Waals surface area contributed by atoms with Crippen molar-refractivity contribution in [2.45, 2.75) is 25.4 Å². The fourth-order valence-electron chi connectivity index (χ4n) is 2.52. The summed E-state index contributed by atoms with van der Waals surface area (Å²) in [6.45, 7) is 2.29. The van der Waals surface area contributed by atoms with Gasteiger partial charge in [-0.25, -0.2) is 9.59 Å². The number of likely N-dealkylation sites (tertiary alicyclic amines) is 1. The summed E-state index contributed by atoms with van der Waals surface area (Å²) in [6, 6.07) is 7.51. The second-order valence-corrected chi connectivity index (χ2v) is 6.30. The molecule has 7 heteroatoms. The minimum absolute atomic E-state index is 0.250. The van der Waals surface area contributed by atoms with Crippen LogP contribution in [0.1, 0.15) is 25.3 Å². The molecule has 0 saturated carbocycles. The number of halogens is 1. The molecule has 2 rings (SSSR count). The minimum Gasteiger partial charge on any atom is -0.463 e. The summed E-state index contributed by atoms with van der Waals surface area (Å²) in [5.41, 5.74) is -0.112. The number of carbonyl (C=O) groups is 2. The Labute approximate surface area is 143 Å². The molecular weight excluding hydrogens is 366 g/mol. The highest BCUT2D eigenvalue weighted by Crippen LogP contribution is 2.33. The number of esters is 1. The van der Waals surface area contributed by atoms with E-state index in [-0.39, 0.29) is 13.2 Å². The Hall–Kier alpha value is -1.60. The van der Waals surface area contributed by atoms with E-state index in [4.69, 9.17) is 9.47 Å². The number of carbonyl (C=O) groups excluding carboxylic acids is 2. The zero-order valence-electron chi connectivity index (χ0n) is 13.0. The smallest absolute Gasteiger partial charge is 0.410 e. The number of piperidine rings is 1. The van der Waals surface area contributed by atoms with E-state index in [0.717, 1.165) is 10.0 Å². The molecule has 1 amide bonds. The van der Waals surface area contributed by atoms with E-state index in [9.17, 15) is 14.7 Å². The van der Waals surface area contributed by atoms with Crippen molar-refractivity contribution < 1.29 is 24.2 Å². The molecule has 0 bridgehead atoms. The highest BCUT2D eigenvalue weighted by atomic mass is 79.9. The van der Waals surface area contributed by atoms with Gasteiger partial charge in [-0.1, -0.05) is 28.1 Å². The van der Waals surface area contributed by atoms with Gasteiger partial charge in [-0.3, -0.25) is 0 Å². The topological polar surface area (TPSA) is 76.1 Å². The molecule has 1 aliphatic heterocycles. The Kier molecular flexibility index (Phi) is 6.01. The zero-order chi connectivity index (χ0) is 16.9. The van der Waals surface area contributed by atoms with Crippen molar-refractivity contribution in [2.75, 3.05) is 26.3 Å². The molecule has 1 aromatic rings. The standard InChI is InChI=1S/C16H20BrNO5/c1-2-22-14(19)11-23-15(20)18-9-7-16(21,8-10-18)12-3-5-13(17)6-4-12/h3-6,21H,2,7-11H2,1H3. The normalized spacial score (nSPS) is 16.7. The van der Waals surface area contributed by atoms with Crippen molar-refractivity contribution in [1.82, 2.24) is 4.90 Å². The molecule has 0 aliphatic carbocycles. The van der Waals surface area contributed by atoms with Gasteiger partial charge in [-0.2, -0.15) is 0 Å². The highest BCUT2D eigenvalue weighted by Gasteiger charge is 2.35. The lowest BCUT2D eigenvalue weighted by Gasteiger charge is -2.38. The number of rotatable bonds is 4. The van der Waals surface area contributed by atoms with Crippen molar-refractivity contribution in [3.05, 3.63) is 34.3 Å². The first-order chi connectivity index (χ1) is 10.9. The van der Waals surface area contributed by atoms with Crippen molar-refractivity contribution >= 4 is 28.0 Å². The third kappa shape index (κ3) is 4.68. The van der Waals surface area contributed by atoms with Crippen LogP contribution < -0.4 is 0 Å². The maximum atomic E-state index is 11.9. The molecule has 1 heterocycles. The first-order valence-corrected chi connectivity index (χ1v) is 8.29. The number of amides is 1. The van der Waals surface area contributed by atoms with Crippen LogP contribution in [-0.4, -0.2) is 48.4 Å².